The van der Waals surface area contributed by atoms with Gasteiger partial charge in [0.05, 0.1) is 22.8 Å². The standard InChI is InChI=1S/C37H51F3N2O2S/c1-21(2)31-41-28-14-15-35-19-36(35)27(13-12-26(35)32(28,4)20-45-31)33(5)16-25(43)30(34(33,6)17-29(36)44)22(3)42(7)18-23-10-8-9-11-24(23)37(38,39)40/h8-11,21-22,25-28,30,43H,12-20H2,1-7H3/t22-,25+,26-,27-,28-,30-,32-,33-,34+,35+,36-/m0/s1. The molecular weight excluding hydrogens is 593 g/mol. The highest BCUT2D eigenvalue weighted by atomic mass is 32.2. The summed E-state index contributed by atoms with van der Waals surface area (Å²) in [4.78, 5) is 22.1. The van der Waals surface area contributed by atoms with E-state index in [-0.39, 0.29) is 51.6 Å². The van der Waals surface area contributed by atoms with Crippen molar-refractivity contribution in [3.63, 3.8) is 0 Å². The van der Waals surface area contributed by atoms with Crippen LogP contribution in [0.4, 0.5) is 13.2 Å². The number of ketones is 1. The lowest BCUT2D eigenvalue weighted by atomic mass is 9.41. The van der Waals surface area contributed by atoms with Crippen LogP contribution in [0, 0.1) is 50.7 Å². The molecule has 0 unspecified atom stereocenters. The van der Waals surface area contributed by atoms with Crippen LogP contribution in [0.2, 0.25) is 0 Å². The largest absolute Gasteiger partial charge is 0.416 e. The summed E-state index contributed by atoms with van der Waals surface area (Å²) in [5.74, 6) is 2.49. The van der Waals surface area contributed by atoms with Gasteiger partial charge in [0, 0.05) is 47.4 Å². The number of hydrogen-bond acceptors (Lipinski definition) is 5. The molecule has 1 N–H and O–H groups in total. The van der Waals surface area contributed by atoms with E-state index in [4.69, 9.17) is 4.99 Å². The van der Waals surface area contributed by atoms with Crippen molar-refractivity contribution in [1.82, 2.24) is 4.90 Å². The lowest BCUT2D eigenvalue weighted by Crippen LogP contribution is -2.62. The summed E-state index contributed by atoms with van der Waals surface area (Å²) in [6.07, 6.45) is 1.37. The van der Waals surface area contributed by atoms with Crippen LogP contribution in [0.3, 0.4) is 0 Å². The normalized spacial score (nSPS) is 46.1. The minimum Gasteiger partial charge on any atom is -0.393 e. The number of alkyl halides is 3. The quantitative estimate of drug-likeness (QED) is 0.351. The minimum atomic E-state index is -4.42. The fraction of sp³-hybridized carbons (Fsp3) is 0.784. The molecule has 7 rings (SSSR count). The first kappa shape index (κ1) is 32.2. The molecule has 6 aliphatic rings. The van der Waals surface area contributed by atoms with Crippen molar-refractivity contribution in [3.05, 3.63) is 35.4 Å². The van der Waals surface area contributed by atoms with Gasteiger partial charge in [0.2, 0.25) is 0 Å². The summed E-state index contributed by atoms with van der Waals surface area (Å²) in [5.41, 5.74) is -1.12. The van der Waals surface area contributed by atoms with Crippen LogP contribution in [0.1, 0.15) is 97.6 Å². The molecule has 0 radical (unpaired) electrons. The molecule has 0 saturated heterocycles. The summed E-state index contributed by atoms with van der Waals surface area (Å²) in [7, 11) is 1.87. The van der Waals surface area contributed by atoms with Gasteiger partial charge >= 0.3 is 6.18 Å². The van der Waals surface area contributed by atoms with E-state index >= 15 is 0 Å². The van der Waals surface area contributed by atoms with Gasteiger partial charge in [-0.2, -0.15) is 13.2 Å². The number of rotatable bonds is 5. The van der Waals surface area contributed by atoms with Crippen molar-refractivity contribution < 1.29 is 23.1 Å². The number of fused-ring (bicyclic) bond motifs is 4. The van der Waals surface area contributed by atoms with E-state index < -0.39 is 23.3 Å². The maximum atomic E-state index is 14.8. The Morgan fingerprint density at radius 1 is 1.07 bits per heavy atom. The second-order valence-corrected chi connectivity index (χ2v) is 18.0. The number of aliphatic hydroxyl groups is 1. The van der Waals surface area contributed by atoms with Crippen LogP contribution < -0.4 is 0 Å². The molecule has 2 spiro atoms. The molecule has 5 fully saturated rings. The maximum Gasteiger partial charge on any atom is 0.416 e. The van der Waals surface area contributed by atoms with Gasteiger partial charge < -0.3 is 5.11 Å². The average molecular weight is 645 g/mol. The Morgan fingerprint density at radius 2 is 1.76 bits per heavy atom. The number of benzene rings is 1. The van der Waals surface area contributed by atoms with E-state index in [1.165, 1.54) is 11.1 Å². The smallest absolute Gasteiger partial charge is 0.393 e. The number of aliphatic imine (C=N–C) groups is 1. The molecule has 0 bridgehead atoms. The zero-order chi connectivity index (χ0) is 32.5. The number of halogens is 3. The predicted octanol–water partition coefficient (Wildman–Crippen LogP) is 8.26. The highest BCUT2D eigenvalue weighted by Gasteiger charge is 2.86. The molecular formula is C37H51F3N2O2S. The van der Waals surface area contributed by atoms with Crippen LogP contribution in [-0.4, -0.2) is 51.8 Å². The molecule has 1 heterocycles. The van der Waals surface area contributed by atoms with Gasteiger partial charge in [0.15, 0.2) is 0 Å². The summed E-state index contributed by atoms with van der Waals surface area (Å²) in [6.45, 7) is 13.7. The SMILES string of the molecule is CC(C)C1=N[C@H]2CC[C@]34C[C@]35C(=O)C[C@]3(C)[C@@H]([C@H](C)N(C)Cc6ccccc6C(F)(F)F)[C@H](O)C[C@@]3(C)[C@@H]5CC[C@H]4[C@]2(C)CS1. The first-order valence-electron chi connectivity index (χ1n) is 17.2. The van der Waals surface area contributed by atoms with Crippen molar-refractivity contribution in [3.8, 4) is 0 Å². The molecule has 5 saturated carbocycles. The second kappa shape index (κ2) is 10.1. The fourth-order valence-electron chi connectivity index (χ4n) is 12.6. The van der Waals surface area contributed by atoms with Crippen molar-refractivity contribution in [1.29, 1.82) is 0 Å². The molecule has 0 aromatic heterocycles. The molecule has 1 aliphatic heterocycles. The van der Waals surface area contributed by atoms with E-state index in [9.17, 15) is 23.1 Å². The lowest BCUT2D eigenvalue weighted by Gasteiger charge is -2.63. The van der Waals surface area contributed by atoms with Gasteiger partial charge in [-0.3, -0.25) is 14.7 Å². The first-order valence-corrected chi connectivity index (χ1v) is 18.2. The van der Waals surface area contributed by atoms with Crippen LogP contribution in [0.5, 0.6) is 0 Å². The Morgan fingerprint density at radius 3 is 2.44 bits per heavy atom. The van der Waals surface area contributed by atoms with Gasteiger partial charge in [-0.05, 0) is 92.2 Å². The van der Waals surface area contributed by atoms with Gasteiger partial charge in [-0.1, -0.05) is 52.8 Å². The number of carbonyl (C=O) groups excluding carboxylic acids is 1. The molecule has 8 heteroatoms. The summed E-state index contributed by atoms with van der Waals surface area (Å²) in [6, 6.07) is 5.94. The number of carbonyl (C=O) groups is 1. The highest BCUT2D eigenvalue weighted by molar-refractivity contribution is 8.14. The Balaban J connectivity index is 1.18. The Hall–Kier alpha value is -1.38. The average Bonchev–Trinajstić information content (AvgIpc) is 3.60. The van der Waals surface area contributed by atoms with Gasteiger partial charge in [0.1, 0.15) is 5.78 Å². The molecule has 5 aliphatic carbocycles. The van der Waals surface area contributed by atoms with E-state index in [0.717, 1.165) is 43.9 Å². The maximum absolute atomic E-state index is 14.8. The third-order valence-corrected chi connectivity index (χ3v) is 16.6. The van der Waals surface area contributed by atoms with Gasteiger partial charge in [0.25, 0.3) is 0 Å². The van der Waals surface area contributed by atoms with Crippen LogP contribution in [-0.2, 0) is 17.5 Å². The van der Waals surface area contributed by atoms with Gasteiger partial charge in [-0.15, -0.1) is 11.8 Å². The number of nitrogens with zero attached hydrogens (tertiary/aromatic N) is 2. The van der Waals surface area contributed by atoms with Crippen LogP contribution >= 0.6 is 11.8 Å². The fourth-order valence-corrected chi connectivity index (χ4v) is 14.0. The second-order valence-electron chi connectivity index (χ2n) is 17.0. The number of thioether (sulfide) groups is 1. The van der Waals surface area contributed by atoms with Crippen LogP contribution in [0.25, 0.3) is 0 Å². The molecule has 1 aromatic rings. The van der Waals surface area contributed by atoms with Crippen LogP contribution in [0.15, 0.2) is 29.3 Å². The Bertz CT molecular complexity index is 1430. The molecule has 0 amide bonds. The van der Waals surface area contributed by atoms with E-state index in [0.29, 0.717) is 36.5 Å². The zero-order valence-corrected chi connectivity index (χ0v) is 28.8. The Labute approximate surface area is 271 Å². The van der Waals surface area contributed by atoms with Crippen molar-refractivity contribution >= 4 is 22.6 Å². The third-order valence-electron chi connectivity index (χ3n) is 14.9. The minimum absolute atomic E-state index is 0.0563. The van der Waals surface area contributed by atoms with Crippen molar-refractivity contribution in [2.24, 2.45) is 55.7 Å². The molecule has 4 nitrogen and oxygen atoms in total. The van der Waals surface area contributed by atoms with E-state index in [1.807, 2.05) is 30.6 Å². The summed E-state index contributed by atoms with van der Waals surface area (Å²) >= 11 is 1.94. The van der Waals surface area contributed by atoms with Crippen molar-refractivity contribution in [2.45, 2.75) is 117 Å². The monoisotopic (exact) mass is 644 g/mol. The lowest BCUT2D eigenvalue weighted by molar-refractivity contribution is -0.169. The molecule has 11 atom stereocenters. The number of aliphatic hydroxyl groups excluding tert-OH is 1. The number of Topliss-reactive ketones (excluding diaryl/α,β-unsaturated/α-hetero) is 1. The van der Waals surface area contributed by atoms with Gasteiger partial charge in [-0.25, -0.2) is 0 Å². The highest BCUT2D eigenvalue weighted by Crippen LogP contribution is 2.88. The predicted molar refractivity (Wildman–Crippen MR) is 174 cm³/mol. The first-order chi connectivity index (χ1) is 21.0. The number of hydrogen-bond donors (Lipinski definition) is 1. The topological polar surface area (TPSA) is 52.9 Å². The van der Waals surface area contributed by atoms with E-state index in [1.54, 1.807) is 12.1 Å². The third kappa shape index (κ3) is 4.12. The molecule has 1 aromatic carbocycles. The summed E-state index contributed by atoms with van der Waals surface area (Å²) < 4.78 is 41.4. The molecule has 248 valence electrons. The van der Waals surface area contributed by atoms with Crippen molar-refractivity contribution in [2.75, 3.05) is 12.8 Å². The molecule has 45 heavy (non-hydrogen) atoms. The zero-order valence-electron chi connectivity index (χ0n) is 28.0. The Kier molecular flexibility index (Phi) is 7.20. The summed E-state index contributed by atoms with van der Waals surface area (Å²) in [5, 5.41) is 13.1. The van der Waals surface area contributed by atoms with E-state index in [2.05, 4.69) is 34.6 Å².